The van der Waals surface area contributed by atoms with Crippen LogP contribution in [-0.4, -0.2) is 35.3 Å². The Bertz CT molecular complexity index is 731. The zero-order valence-electron chi connectivity index (χ0n) is 20.7. The standard InChI is InChI=1S/C29H45NOP2/c1-10-20-29-23(11-1)21-24(22-31-33(27-16-6-7-17-27)28-18-8-9-19-28)30(29)32(25-12-2-3-13-25)26-14-4-5-15-26/h1,10-11,20,24-28H,2-9,12-19,21-22H2/t24-/m0/s1. The van der Waals surface area contributed by atoms with Crippen LogP contribution in [0.15, 0.2) is 24.3 Å². The van der Waals surface area contributed by atoms with Gasteiger partial charge in [-0.1, -0.05) is 69.6 Å². The van der Waals surface area contributed by atoms with Gasteiger partial charge in [0.05, 0.1) is 12.6 Å². The molecule has 0 spiro atoms. The molecule has 0 saturated heterocycles. The molecule has 1 aromatic carbocycles. The predicted molar refractivity (Wildman–Crippen MR) is 145 cm³/mol. The molecule has 33 heavy (non-hydrogen) atoms. The molecule has 0 N–H and O–H groups in total. The third-order valence-electron chi connectivity index (χ3n) is 9.47. The van der Waals surface area contributed by atoms with Crippen molar-refractivity contribution in [2.45, 2.75) is 138 Å². The van der Waals surface area contributed by atoms with Crippen LogP contribution in [-0.2, 0) is 10.9 Å². The number of hydrogen-bond donors (Lipinski definition) is 0. The second-order valence-corrected chi connectivity index (χ2v) is 16.7. The Labute approximate surface area is 205 Å². The van der Waals surface area contributed by atoms with Gasteiger partial charge in [-0.3, -0.25) is 0 Å². The van der Waals surface area contributed by atoms with Gasteiger partial charge < -0.3 is 9.19 Å². The van der Waals surface area contributed by atoms with E-state index in [9.17, 15) is 0 Å². The Morgan fingerprint density at radius 3 is 1.70 bits per heavy atom. The fourth-order valence-electron chi connectivity index (χ4n) is 7.87. The summed E-state index contributed by atoms with van der Waals surface area (Å²) in [6.07, 6.45) is 24.7. The number of anilines is 1. The largest absolute Gasteiger partial charge is 0.357 e. The zero-order valence-corrected chi connectivity index (χ0v) is 22.5. The second-order valence-electron chi connectivity index (χ2n) is 11.6. The Morgan fingerprint density at radius 1 is 0.667 bits per heavy atom. The van der Waals surface area contributed by atoms with Crippen molar-refractivity contribution in [3.05, 3.63) is 29.8 Å². The number of fused-ring (bicyclic) bond motifs is 1. The van der Waals surface area contributed by atoms with Crippen LogP contribution in [0.3, 0.4) is 0 Å². The number of hydrogen-bond acceptors (Lipinski definition) is 2. The van der Waals surface area contributed by atoms with Gasteiger partial charge in [0.15, 0.2) is 0 Å². The average Bonchev–Trinajstić information content (AvgIpc) is 3.68. The summed E-state index contributed by atoms with van der Waals surface area (Å²) >= 11 is 0. The van der Waals surface area contributed by atoms with Gasteiger partial charge >= 0.3 is 0 Å². The SMILES string of the molecule is c1ccc2c(c1)C[C@@H](COP(C1CCCC1)C1CCCC1)N2P(C1CCCC1)C1CCCC1. The van der Waals surface area contributed by atoms with Crippen LogP contribution in [0.5, 0.6) is 0 Å². The molecular formula is C29H45NOP2. The van der Waals surface area contributed by atoms with E-state index in [2.05, 4.69) is 28.9 Å². The summed E-state index contributed by atoms with van der Waals surface area (Å²) in [6, 6.07) is 10.1. The number of benzene rings is 1. The summed E-state index contributed by atoms with van der Waals surface area (Å²) in [5, 5.41) is 0. The molecule has 2 nitrogen and oxygen atoms in total. The maximum Gasteiger partial charge on any atom is 0.0719 e. The third kappa shape index (κ3) is 4.93. The van der Waals surface area contributed by atoms with Gasteiger partial charge in [0, 0.05) is 25.2 Å². The Kier molecular flexibility index (Phi) is 7.64. The van der Waals surface area contributed by atoms with Gasteiger partial charge in [-0.2, -0.15) is 0 Å². The molecule has 0 aromatic heterocycles. The highest BCUT2D eigenvalue weighted by molar-refractivity contribution is 7.61. The van der Waals surface area contributed by atoms with Crippen LogP contribution >= 0.6 is 16.2 Å². The molecule has 1 heterocycles. The minimum absolute atomic E-state index is 0.0807. The lowest BCUT2D eigenvalue weighted by atomic mass is 10.1. The molecule has 4 saturated carbocycles. The lowest BCUT2D eigenvalue weighted by Gasteiger charge is -2.43. The summed E-state index contributed by atoms with van der Waals surface area (Å²) in [5.74, 6) is 0. The monoisotopic (exact) mass is 485 g/mol. The molecule has 0 radical (unpaired) electrons. The first-order valence-corrected chi connectivity index (χ1v) is 17.3. The molecule has 4 fully saturated rings. The first-order chi connectivity index (χ1) is 16.4. The molecule has 1 aromatic rings. The van der Waals surface area contributed by atoms with E-state index in [4.69, 9.17) is 4.52 Å². The zero-order chi connectivity index (χ0) is 22.0. The van der Waals surface area contributed by atoms with Gasteiger partial charge in [-0.25, -0.2) is 0 Å². The van der Waals surface area contributed by atoms with Crippen molar-refractivity contribution < 1.29 is 4.52 Å². The van der Waals surface area contributed by atoms with Crippen LogP contribution in [0.25, 0.3) is 0 Å². The quantitative estimate of drug-likeness (QED) is 0.341. The summed E-state index contributed by atoms with van der Waals surface area (Å²) < 4.78 is 10.2. The maximum absolute atomic E-state index is 7.16. The molecule has 5 aliphatic rings. The molecular weight excluding hydrogens is 440 g/mol. The van der Waals surface area contributed by atoms with E-state index >= 15 is 0 Å². The van der Waals surface area contributed by atoms with E-state index in [-0.39, 0.29) is 16.2 Å². The molecule has 4 aliphatic carbocycles. The van der Waals surface area contributed by atoms with Crippen LogP contribution in [0.1, 0.15) is 108 Å². The van der Waals surface area contributed by atoms with Crippen molar-refractivity contribution in [2.75, 3.05) is 11.3 Å². The molecule has 0 unspecified atom stereocenters. The molecule has 4 heteroatoms. The highest BCUT2D eigenvalue weighted by Crippen LogP contribution is 2.64. The average molecular weight is 486 g/mol. The molecule has 182 valence electrons. The van der Waals surface area contributed by atoms with E-state index in [1.54, 1.807) is 11.3 Å². The molecule has 6 rings (SSSR count). The highest BCUT2D eigenvalue weighted by atomic mass is 31.1. The Morgan fingerprint density at radius 2 is 1.15 bits per heavy atom. The smallest absolute Gasteiger partial charge is 0.0719 e. The minimum Gasteiger partial charge on any atom is -0.357 e. The van der Waals surface area contributed by atoms with E-state index < -0.39 is 0 Å². The van der Waals surface area contributed by atoms with E-state index in [0.717, 1.165) is 29.2 Å². The molecule has 1 atom stereocenters. The van der Waals surface area contributed by atoms with Gasteiger partial charge in [0.2, 0.25) is 0 Å². The van der Waals surface area contributed by atoms with Crippen molar-refractivity contribution in [1.29, 1.82) is 0 Å². The van der Waals surface area contributed by atoms with Gasteiger partial charge in [-0.05, 0) is 88.8 Å². The van der Waals surface area contributed by atoms with Crippen molar-refractivity contribution in [3.63, 3.8) is 0 Å². The fraction of sp³-hybridized carbons (Fsp3) is 0.793. The highest BCUT2D eigenvalue weighted by Gasteiger charge is 2.44. The summed E-state index contributed by atoms with van der Waals surface area (Å²) in [4.78, 5) is 0. The number of rotatable bonds is 8. The summed E-state index contributed by atoms with van der Waals surface area (Å²) in [7, 11) is -0.314. The normalized spacial score (nSPS) is 27.7. The van der Waals surface area contributed by atoms with Crippen molar-refractivity contribution in [3.8, 4) is 0 Å². The van der Waals surface area contributed by atoms with Crippen LogP contribution in [0.2, 0.25) is 0 Å². The lowest BCUT2D eigenvalue weighted by Crippen LogP contribution is -2.37. The van der Waals surface area contributed by atoms with E-state index in [1.807, 2.05) is 0 Å². The lowest BCUT2D eigenvalue weighted by molar-refractivity contribution is 0.313. The molecule has 0 bridgehead atoms. The molecule has 0 amide bonds. The predicted octanol–water partition coefficient (Wildman–Crippen LogP) is 9.00. The van der Waals surface area contributed by atoms with E-state index in [0.29, 0.717) is 6.04 Å². The van der Waals surface area contributed by atoms with Crippen molar-refractivity contribution >= 4 is 21.9 Å². The second kappa shape index (κ2) is 10.8. The first-order valence-electron chi connectivity index (χ1n) is 14.4. The van der Waals surface area contributed by atoms with Crippen LogP contribution < -0.4 is 4.67 Å². The van der Waals surface area contributed by atoms with E-state index in [1.165, 1.54) is 109 Å². The van der Waals surface area contributed by atoms with Crippen molar-refractivity contribution in [1.82, 2.24) is 0 Å². The van der Waals surface area contributed by atoms with Gasteiger partial charge in [0.25, 0.3) is 0 Å². The van der Waals surface area contributed by atoms with Crippen molar-refractivity contribution in [2.24, 2.45) is 0 Å². The maximum atomic E-state index is 7.16. The van der Waals surface area contributed by atoms with Crippen LogP contribution in [0.4, 0.5) is 5.69 Å². The number of para-hydroxylation sites is 1. The molecule has 1 aliphatic heterocycles. The van der Waals surface area contributed by atoms with Crippen LogP contribution in [0, 0.1) is 0 Å². The summed E-state index contributed by atoms with van der Waals surface area (Å²) in [6.45, 7) is 1.01. The Hall–Kier alpha value is -0.160. The first kappa shape index (κ1) is 23.3. The number of nitrogens with zero attached hydrogens (tertiary/aromatic N) is 1. The topological polar surface area (TPSA) is 12.5 Å². The minimum atomic E-state index is -0.233. The van der Waals surface area contributed by atoms with Gasteiger partial charge in [-0.15, -0.1) is 0 Å². The fourth-order valence-corrected chi connectivity index (χ4v) is 15.0. The third-order valence-corrected chi connectivity index (χ3v) is 16.0. The van der Waals surface area contributed by atoms with Gasteiger partial charge in [0.1, 0.15) is 0 Å². The Balaban J connectivity index is 1.25. The summed E-state index contributed by atoms with van der Waals surface area (Å²) in [5.41, 5.74) is 6.98.